The molecule has 0 aliphatic rings. The zero-order valence-corrected chi connectivity index (χ0v) is 12.8. The quantitative estimate of drug-likeness (QED) is 0.547. The van der Waals surface area contributed by atoms with Crippen molar-refractivity contribution in [2.24, 2.45) is 0 Å². The maximum Gasteiger partial charge on any atom is 0.291 e. The molecule has 1 aromatic rings. The number of nitrogens with one attached hydrogen (secondary N) is 1. The number of hydrogen-bond acceptors (Lipinski definition) is 6. The summed E-state index contributed by atoms with van der Waals surface area (Å²) in [4.78, 5) is 10.0. The van der Waals surface area contributed by atoms with E-state index in [2.05, 4.69) is 5.32 Å². The Labute approximate surface area is 123 Å². The van der Waals surface area contributed by atoms with E-state index < -0.39 is 20.6 Å². The summed E-state index contributed by atoms with van der Waals surface area (Å²) in [6, 6.07) is 3.85. The first-order chi connectivity index (χ1) is 9.88. The third kappa shape index (κ3) is 3.90. The van der Waals surface area contributed by atoms with Gasteiger partial charge in [-0.1, -0.05) is 6.92 Å². The number of benzene rings is 1. The predicted molar refractivity (Wildman–Crippen MR) is 78.8 cm³/mol. The van der Waals surface area contributed by atoms with E-state index in [1.54, 1.807) is 14.0 Å². The molecule has 0 bridgehead atoms. The van der Waals surface area contributed by atoms with E-state index in [0.717, 1.165) is 4.31 Å². The predicted octanol–water partition coefficient (Wildman–Crippen LogP) is 1.03. The number of nitro groups is 1. The van der Waals surface area contributed by atoms with Gasteiger partial charge in [-0.05, 0) is 18.6 Å². The van der Waals surface area contributed by atoms with Gasteiger partial charge in [0.05, 0.1) is 11.5 Å². The summed E-state index contributed by atoms with van der Waals surface area (Å²) >= 11 is 0. The number of aliphatic hydroxyl groups is 1. The van der Waals surface area contributed by atoms with Gasteiger partial charge in [0.2, 0.25) is 10.0 Å². The standard InChI is InChI=1S/C12H19N3O5S/c1-3-6-14(7-8-16)21(19,20)12-5-4-10(13-2)9-11(12)15(17)18/h4-5,9,13,16H,3,6-8H2,1-2H3. The van der Waals surface area contributed by atoms with Gasteiger partial charge in [-0.15, -0.1) is 0 Å². The second kappa shape index (κ2) is 7.34. The zero-order chi connectivity index (χ0) is 16.0. The molecule has 0 heterocycles. The number of nitrogens with zero attached hydrogens (tertiary/aromatic N) is 2. The molecule has 0 aliphatic carbocycles. The molecule has 8 nitrogen and oxygen atoms in total. The van der Waals surface area contributed by atoms with Crippen molar-refractivity contribution in [1.29, 1.82) is 0 Å². The monoisotopic (exact) mass is 317 g/mol. The van der Waals surface area contributed by atoms with E-state index >= 15 is 0 Å². The van der Waals surface area contributed by atoms with Gasteiger partial charge in [-0.25, -0.2) is 8.42 Å². The van der Waals surface area contributed by atoms with Crippen molar-refractivity contribution in [2.45, 2.75) is 18.2 Å². The Balaban J connectivity index is 3.38. The van der Waals surface area contributed by atoms with Crippen LogP contribution in [0.15, 0.2) is 23.1 Å². The van der Waals surface area contributed by atoms with Gasteiger partial charge in [0, 0.05) is 31.9 Å². The molecule has 1 rings (SSSR count). The van der Waals surface area contributed by atoms with Crippen LogP contribution in [0.2, 0.25) is 0 Å². The van der Waals surface area contributed by atoms with Gasteiger partial charge < -0.3 is 10.4 Å². The van der Waals surface area contributed by atoms with Crippen LogP contribution in [-0.4, -0.2) is 49.5 Å². The number of anilines is 1. The molecule has 0 saturated carbocycles. The van der Waals surface area contributed by atoms with E-state index in [0.29, 0.717) is 12.1 Å². The number of hydrogen-bond donors (Lipinski definition) is 2. The van der Waals surface area contributed by atoms with E-state index in [9.17, 15) is 18.5 Å². The fourth-order valence-corrected chi connectivity index (χ4v) is 3.55. The molecule has 0 saturated heterocycles. The Bertz CT molecular complexity index is 597. The van der Waals surface area contributed by atoms with Gasteiger partial charge >= 0.3 is 0 Å². The maximum absolute atomic E-state index is 12.5. The molecule has 0 spiro atoms. The minimum Gasteiger partial charge on any atom is -0.395 e. The number of nitro benzene ring substituents is 1. The van der Waals surface area contributed by atoms with E-state index in [4.69, 9.17) is 5.11 Å². The van der Waals surface area contributed by atoms with Crippen LogP contribution in [0, 0.1) is 10.1 Å². The third-order valence-corrected chi connectivity index (χ3v) is 4.83. The normalized spacial score (nSPS) is 11.6. The van der Waals surface area contributed by atoms with E-state index in [-0.39, 0.29) is 24.6 Å². The summed E-state index contributed by atoms with van der Waals surface area (Å²) in [5, 5.41) is 22.8. The SMILES string of the molecule is CCCN(CCO)S(=O)(=O)c1ccc(NC)cc1[N+](=O)[O-]. The van der Waals surface area contributed by atoms with E-state index in [1.807, 2.05) is 0 Å². The Hall–Kier alpha value is -1.71. The molecule has 2 N–H and O–H groups in total. The van der Waals surface area contributed by atoms with Gasteiger partial charge in [-0.3, -0.25) is 10.1 Å². The van der Waals surface area contributed by atoms with Crippen LogP contribution in [0.4, 0.5) is 11.4 Å². The number of aliphatic hydroxyl groups excluding tert-OH is 1. The highest BCUT2D eigenvalue weighted by atomic mass is 32.2. The summed E-state index contributed by atoms with van der Waals surface area (Å²) in [6.07, 6.45) is 0.543. The summed E-state index contributed by atoms with van der Waals surface area (Å²) in [7, 11) is -2.44. The van der Waals surface area contributed by atoms with Crippen LogP contribution in [0.5, 0.6) is 0 Å². The van der Waals surface area contributed by atoms with Crippen LogP contribution in [-0.2, 0) is 10.0 Å². The molecule has 1 aromatic carbocycles. The molecule has 0 aliphatic heterocycles. The minimum atomic E-state index is -4.02. The van der Waals surface area contributed by atoms with Crippen molar-refractivity contribution < 1.29 is 18.4 Å². The Morgan fingerprint density at radius 2 is 2.05 bits per heavy atom. The van der Waals surface area contributed by atoms with Crippen molar-refractivity contribution in [3.05, 3.63) is 28.3 Å². The summed E-state index contributed by atoms with van der Waals surface area (Å²) in [5.41, 5.74) is -0.0363. The number of rotatable bonds is 8. The number of sulfonamides is 1. The Morgan fingerprint density at radius 1 is 1.38 bits per heavy atom. The van der Waals surface area contributed by atoms with Crippen LogP contribution < -0.4 is 5.32 Å². The van der Waals surface area contributed by atoms with Gasteiger partial charge in [0.1, 0.15) is 0 Å². The van der Waals surface area contributed by atoms with Crippen LogP contribution in [0.25, 0.3) is 0 Å². The smallest absolute Gasteiger partial charge is 0.291 e. The molecule has 0 aromatic heterocycles. The third-order valence-electron chi connectivity index (χ3n) is 2.88. The van der Waals surface area contributed by atoms with Crippen molar-refractivity contribution in [2.75, 3.05) is 32.1 Å². The Kier molecular flexibility index (Phi) is 6.06. The summed E-state index contributed by atoms with van der Waals surface area (Å²) < 4.78 is 26.1. The van der Waals surface area contributed by atoms with Crippen LogP contribution >= 0.6 is 0 Å². The molecule has 118 valence electrons. The molecule has 0 atom stereocenters. The van der Waals surface area contributed by atoms with E-state index in [1.165, 1.54) is 18.2 Å². The topological polar surface area (TPSA) is 113 Å². The van der Waals surface area contributed by atoms with Crippen LogP contribution in [0.1, 0.15) is 13.3 Å². The largest absolute Gasteiger partial charge is 0.395 e. The highest BCUT2D eigenvalue weighted by molar-refractivity contribution is 7.89. The molecular weight excluding hydrogens is 298 g/mol. The molecule has 0 unspecified atom stereocenters. The molecule has 0 radical (unpaired) electrons. The second-order valence-corrected chi connectivity index (χ2v) is 6.22. The maximum atomic E-state index is 12.5. The molecular formula is C12H19N3O5S. The average molecular weight is 317 g/mol. The first-order valence-electron chi connectivity index (χ1n) is 6.45. The zero-order valence-electron chi connectivity index (χ0n) is 11.9. The highest BCUT2D eigenvalue weighted by Crippen LogP contribution is 2.29. The first kappa shape index (κ1) is 17.3. The lowest BCUT2D eigenvalue weighted by atomic mass is 10.3. The lowest BCUT2D eigenvalue weighted by molar-refractivity contribution is -0.387. The average Bonchev–Trinajstić information content (AvgIpc) is 2.46. The van der Waals surface area contributed by atoms with Crippen molar-refractivity contribution >= 4 is 21.4 Å². The molecule has 0 fully saturated rings. The summed E-state index contributed by atoms with van der Waals surface area (Å²) in [6.45, 7) is 1.54. The fraction of sp³-hybridized carbons (Fsp3) is 0.500. The van der Waals surface area contributed by atoms with Crippen molar-refractivity contribution in [3.63, 3.8) is 0 Å². The van der Waals surface area contributed by atoms with Crippen molar-refractivity contribution in [1.82, 2.24) is 4.31 Å². The summed E-state index contributed by atoms with van der Waals surface area (Å²) in [5.74, 6) is 0. The molecule has 21 heavy (non-hydrogen) atoms. The lowest BCUT2D eigenvalue weighted by Gasteiger charge is -2.20. The molecule has 9 heteroatoms. The Morgan fingerprint density at radius 3 is 2.52 bits per heavy atom. The second-order valence-electron chi connectivity index (χ2n) is 4.32. The van der Waals surface area contributed by atoms with Crippen molar-refractivity contribution in [3.8, 4) is 0 Å². The lowest BCUT2D eigenvalue weighted by Crippen LogP contribution is -2.34. The highest BCUT2D eigenvalue weighted by Gasteiger charge is 2.31. The van der Waals surface area contributed by atoms with Gasteiger partial charge in [0.15, 0.2) is 4.90 Å². The van der Waals surface area contributed by atoms with Gasteiger partial charge in [0.25, 0.3) is 5.69 Å². The minimum absolute atomic E-state index is 0.0961. The van der Waals surface area contributed by atoms with Gasteiger partial charge in [-0.2, -0.15) is 4.31 Å². The van der Waals surface area contributed by atoms with Crippen LogP contribution in [0.3, 0.4) is 0 Å². The molecule has 0 amide bonds. The fourth-order valence-electron chi connectivity index (χ4n) is 1.89. The first-order valence-corrected chi connectivity index (χ1v) is 7.89.